The first-order chi connectivity index (χ1) is 17.2. The van der Waals surface area contributed by atoms with Crippen molar-refractivity contribution in [3.63, 3.8) is 0 Å². The van der Waals surface area contributed by atoms with Gasteiger partial charge in [-0.1, -0.05) is 29.3 Å². The average molecular weight is 527 g/mol. The number of aromatic carboxylic acids is 2. The van der Waals surface area contributed by atoms with Gasteiger partial charge in [0, 0.05) is 11.3 Å². The smallest absolute Gasteiger partial charge is 0.336 e. The van der Waals surface area contributed by atoms with E-state index in [0.717, 1.165) is 6.07 Å². The number of benzene rings is 3. The molecule has 1 aromatic heterocycles. The van der Waals surface area contributed by atoms with E-state index >= 15 is 0 Å². The number of para-hydroxylation sites is 1. The summed E-state index contributed by atoms with van der Waals surface area (Å²) in [7, 11) is 1.54. The highest BCUT2D eigenvalue weighted by atomic mass is 35.5. The summed E-state index contributed by atoms with van der Waals surface area (Å²) in [5.41, 5.74) is 0.0612. The minimum atomic E-state index is -1.40. The normalized spacial score (nSPS) is 10.5. The van der Waals surface area contributed by atoms with Gasteiger partial charge in [0.25, 0.3) is 0 Å². The number of carboxylic acids is 2. The molecule has 182 valence electrons. The topological polar surface area (TPSA) is 144 Å². The molecule has 0 aliphatic rings. The fourth-order valence-corrected chi connectivity index (χ4v) is 3.59. The second-order valence-corrected chi connectivity index (χ2v) is 7.96. The number of carbonyl (C=O) groups is 2. The number of nitrogens with one attached hydrogen (secondary N) is 1. The number of rotatable bonds is 8. The molecule has 0 bridgehead atoms. The molecular weight excluding hydrogens is 511 g/mol. The molecule has 0 fully saturated rings. The summed E-state index contributed by atoms with van der Waals surface area (Å²) < 4.78 is 11.0. The van der Waals surface area contributed by atoms with Crippen LogP contribution in [0.15, 0.2) is 60.7 Å². The van der Waals surface area contributed by atoms with Gasteiger partial charge in [0.05, 0.1) is 28.3 Å². The first kappa shape index (κ1) is 24.7. The Morgan fingerprint density at radius 3 is 2.14 bits per heavy atom. The van der Waals surface area contributed by atoms with Gasteiger partial charge in [-0.3, -0.25) is 0 Å². The van der Waals surface area contributed by atoms with Crippen LogP contribution >= 0.6 is 23.2 Å². The predicted octanol–water partition coefficient (Wildman–Crippen LogP) is 5.79. The zero-order valence-corrected chi connectivity index (χ0v) is 19.9. The molecule has 10 nitrogen and oxygen atoms in total. The van der Waals surface area contributed by atoms with Crippen molar-refractivity contribution in [2.45, 2.75) is 0 Å². The maximum Gasteiger partial charge on any atom is 0.336 e. The van der Waals surface area contributed by atoms with Crippen molar-refractivity contribution in [3.8, 4) is 28.9 Å². The Morgan fingerprint density at radius 2 is 1.53 bits per heavy atom. The van der Waals surface area contributed by atoms with E-state index in [1.165, 1.54) is 12.1 Å². The number of hydrogen-bond donors (Lipinski definition) is 3. The molecule has 0 spiro atoms. The van der Waals surface area contributed by atoms with Gasteiger partial charge >= 0.3 is 17.9 Å². The highest BCUT2D eigenvalue weighted by molar-refractivity contribution is 6.37. The number of hydrogen-bond acceptors (Lipinski definition) is 8. The zero-order valence-electron chi connectivity index (χ0n) is 18.4. The van der Waals surface area contributed by atoms with Crippen molar-refractivity contribution in [1.82, 2.24) is 15.0 Å². The quantitative estimate of drug-likeness (QED) is 0.258. The van der Waals surface area contributed by atoms with Crippen molar-refractivity contribution in [2.75, 3.05) is 12.4 Å². The summed E-state index contributed by atoms with van der Waals surface area (Å²) in [5.74, 6) is -1.79. The minimum Gasteiger partial charge on any atom is -0.497 e. The van der Waals surface area contributed by atoms with Gasteiger partial charge in [0.2, 0.25) is 5.95 Å². The van der Waals surface area contributed by atoms with Crippen LogP contribution in [-0.4, -0.2) is 44.2 Å². The van der Waals surface area contributed by atoms with Crippen LogP contribution in [0.1, 0.15) is 20.7 Å². The van der Waals surface area contributed by atoms with Crippen molar-refractivity contribution >= 4 is 46.8 Å². The molecule has 0 atom stereocenters. The first-order valence-corrected chi connectivity index (χ1v) is 10.9. The van der Waals surface area contributed by atoms with E-state index in [1.807, 2.05) is 0 Å². The van der Waals surface area contributed by atoms with Crippen LogP contribution in [0.2, 0.25) is 10.0 Å². The number of methoxy groups -OCH3 is 1. The van der Waals surface area contributed by atoms with Crippen LogP contribution in [0.25, 0.3) is 11.4 Å². The minimum absolute atomic E-state index is 0.00610. The lowest BCUT2D eigenvalue weighted by Gasteiger charge is -2.12. The monoisotopic (exact) mass is 526 g/mol. The molecule has 4 aromatic rings. The Kier molecular flexibility index (Phi) is 7.18. The molecule has 0 unspecified atom stereocenters. The molecule has 3 aromatic carbocycles. The van der Waals surface area contributed by atoms with E-state index in [1.54, 1.807) is 49.6 Å². The Balaban J connectivity index is 1.77. The zero-order chi connectivity index (χ0) is 25.8. The standard InChI is InChI=1S/C24H16Cl2N4O6/c1-35-14-8-5-12(6-9-14)20-28-23(27-13-7-10-15(21(31)32)16(11-13)22(33)34)30-24(29-20)36-19-17(25)3-2-4-18(19)26/h2-11H,1H3,(H,31,32)(H,33,34)(H,27,28,29,30). The van der Waals surface area contributed by atoms with Gasteiger partial charge in [-0.25, -0.2) is 9.59 Å². The molecule has 0 aliphatic heterocycles. The van der Waals surface area contributed by atoms with E-state index in [0.29, 0.717) is 11.3 Å². The molecule has 1 heterocycles. The Bertz CT molecular complexity index is 1440. The lowest BCUT2D eigenvalue weighted by Crippen LogP contribution is -2.09. The van der Waals surface area contributed by atoms with E-state index in [-0.39, 0.29) is 44.8 Å². The van der Waals surface area contributed by atoms with Gasteiger partial charge in [0.1, 0.15) is 5.75 Å². The van der Waals surface area contributed by atoms with Gasteiger partial charge in [0.15, 0.2) is 11.6 Å². The summed E-state index contributed by atoms with van der Waals surface area (Å²) in [5, 5.41) is 22.0. The van der Waals surface area contributed by atoms with Gasteiger partial charge in [-0.15, -0.1) is 0 Å². The highest BCUT2D eigenvalue weighted by Crippen LogP contribution is 2.35. The van der Waals surface area contributed by atoms with Gasteiger partial charge < -0.3 is 25.0 Å². The SMILES string of the molecule is COc1ccc(-c2nc(Nc3ccc(C(=O)O)c(C(=O)O)c3)nc(Oc3c(Cl)cccc3Cl)n2)cc1. The van der Waals surface area contributed by atoms with Gasteiger partial charge in [-0.05, 0) is 54.6 Å². The van der Waals surface area contributed by atoms with Crippen molar-refractivity contribution in [1.29, 1.82) is 0 Å². The Hall–Kier alpha value is -4.41. The highest BCUT2D eigenvalue weighted by Gasteiger charge is 2.18. The fraction of sp³-hybridized carbons (Fsp3) is 0.0417. The summed E-state index contributed by atoms with van der Waals surface area (Å²) in [6.45, 7) is 0. The summed E-state index contributed by atoms with van der Waals surface area (Å²) in [4.78, 5) is 35.9. The summed E-state index contributed by atoms with van der Waals surface area (Å²) in [6.07, 6.45) is 0. The second kappa shape index (κ2) is 10.5. The van der Waals surface area contributed by atoms with E-state index < -0.39 is 17.5 Å². The molecule has 0 amide bonds. The van der Waals surface area contributed by atoms with Crippen molar-refractivity contribution in [2.24, 2.45) is 0 Å². The van der Waals surface area contributed by atoms with Crippen molar-refractivity contribution < 1.29 is 29.3 Å². The van der Waals surface area contributed by atoms with Crippen LogP contribution in [-0.2, 0) is 0 Å². The fourth-order valence-electron chi connectivity index (χ4n) is 3.11. The maximum absolute atomic E-state index is 11.6. The van der Waals surface area contributed by atoms with Crippen LogP contribution in [0.4, 0.5) is 11.6 Å². The number of carboxylic acid groups (broad SMARTS) is 2. The number of ether oxygens (including phenoxy) is 2. The van der Waals surface area contributed by atoms with E-state index in [9.17, 15) is 19.8 Å². The third kappa shape index (κ3) is 5.45. The second-order valence-electron chi connectivity index (χ2n) is 7.14. The number of anilines is 2. The molecule has 36 heavy (non-hydrogen) atoms. The third-order valence-electron chi connectivity index (χ3n) is 4.81. The summed E-state index contributed by atoms with van der Waals surface area (Å²) >= 11 is 12.4. The number of halogens is 2. The van der Waals surface area contributed by atoms with Crippen LogP contribution in [0, 0.1) is 0 Å². The van der Waals surface area contributed by atoms with Crippen molar-refractivity contribution in [3.05, 3.63) is 81.8 Å². The van der Waals surface area contributed by atoms with Gasteiger partial charge in [-0.2, -0.15) is 15.0 Å². The van der Waals surface area contributed by atoms with E-state index in [2.05, 4.69) is 20.3 Å². The molecule has 0 saturated heterocycles. The maximum atomic E-state index is 11.6. The molecule has 0 radical (unpaired) electrons. The Morgan fingerprint density at radius 1 is 0.861 bits per heavy atom. The average Bonchev–Trinajstić information content (AvgIpc) is 2.86. The molecule has 3 N–H and O–H groups in total. The lowest BCUT2D eigenvalue weighted by molar-refractivity contribution is 0.0651. The lowest BCUT2D eigenvalue weighted by atomic mass is 10.1. The van der Waals surface area contributed by atoms with Crippen LogP contribution in [0.3, 0.4) is 0 Å². The molecule has 4 rings (SSSR count). The molecule has 0 aliphatic carbocycles. The predicted molar refractivity (Wildman–Crippen MR) is 132 cm³/mol. The van der Waals surface area contributed by atoms with Crippen LogP contribution in [0.5, 0.6) is 17.5 Å². The first-order valence-electron chi connectivity index (χ1n) is 10.1. The third-order valence-corrected chi connectivity index (χ3v) is 5.41. The van der Waals surface area contributed by atoms with Crippen LogP contribution < -0.4 is 14.8 Å². The number of nitrogens with zero attached hydrogens (tertiary/aromatic N) is 3. The molecule has 12 heteroatoms. The largest absolute Gasteiger partial charge is 0.497 e. The van der Waals surface area contributed by atoms with E-state index in [4.69, 9.17) is 32.7 Å². The Labute approximate surface area is 214 Å². The number of aromatic nitrogens is 3. The molecular formula is C24H16Cl2N4O6. The summed E-state index contributed by atoms with van der Waals surface area (Å²) in [6, 6.07) is 15.3. The molecule has 0 saturated carbocycles.